The van der Waals surface area contributed by atoms with E-state index in [1.54, 1.807) is 12.1 Å². The van der Waals surface area contributed by atoms with Crippen molar-refractivity contribution in [1.29, 1.82) is 0 Å². The zero-order chi connectivity index (χ0) is 17.0. The van der Waals surface area contributed by atoms with Crippen LogP contribution in [0.4, 0.5) is 0 Å². The van der Waals surface area contributed by atoms with Gasteiger partial charge in [0.15, 0.2) is 5.78 Å². The molecule has 0 amide bonds. The molecule has 0 aliphatic carbocycles. The van der Waals surface area contributed by atoms with Crippen LogP contribution in [0.1, 0.15) is 24.2 Å². The van der Waals surface area contributed by atoms with Gasteiger partial charge < -0.3 is 4.90 Å². The molecule has 1 aromatic carbocycles. The predicted octanol–water partition coefficient (Wildman–Crippen LogP) is 0.803. The molecule has 2 rings (SSSR count). The predicted molar refractivity (Wildman–Crippen MR) is 90.2 cm³/mol. The van der Waals surface area contributed by atoms with Gasteiger partial charge in [-0.2, -0.15) is 0 Å². The highest BCUT2D eigenvalue weighted by atomic mass is 32.2. The van der Waals surface area contributed by atoms with Crippen molar-refractivity contribution < 1.29 is 13.2 Å². The Kier molecular flexibility index (Phi) is 5.91. The summed E-state index contributed by atoms with van der Waals surface area (Å²) < 4.78 is 27.4. The van der Waals surface area contributed by atoms with Gasteiger partial charge in [0.2, 0.25) is 10.0 Å². The molecule has 1 N–H and O–H groups in total. The van der Waals surface area contributed by atoms with E-state index in [0.29, 0.717) is 12.1 Å². The van der Waals surface area contributed by atoms with E-state index in [-0.39, 0.29) is 16.7 Å². The maximum atomic E-state index is 12.4. The van der Waals surface area contributed by atoms with Gasteiger partial charge in [-0.25, -0.2) is 13.1 Å². The van der Waals surface area contributed by atoms with Gasteiger partial charge in [-0.15, -0.1) is 0 Å². The molecular formula is C16H25N3O3S. The first-order chi connectivity index (χ1) is 10.8. The molecular weight excluding hydrogens is 314 g/mol. The van der Waals surface area contributed by atoms with Crippen LogP contribution in [0, 0.1) is 0 Å². The van der Waals surface area contributed by atoms with Crippen LogP contribution in [0.25, 0.3) is 0 Å². The minimum absolute atomic E-state index is 0.134. The van der Waals surface area contributed by atoms with E-state index < -0.39 is 10.0 Å². The van der Waals surface area contributed by atoms with Crippen molar-refractivity contribution in [2.45, 2.75) is 24.8 Å². The van der Waals surface area contributed by atoms with Crippen molar-refractivity contribution in [3.05, 3.63) is 29.8 Å². The van der Waals surface area contributed by atoms with Crippen LogP contribution >= 0.6 is 0 Å². The van der Waals surface area contributed by atoms with Crippen molar-refractivity contribution in [2.24, 2.45) is 0 Å². The molecule has 1 saturated heterocycles. The Bertz CT molecular complexity index is 652. The van der Waals surface area contributed by atoms with Crippen LogP contribution in [-0.4, -0.2) is 69.8 Å². The maximum Gasteiger partial charge on any atom is 0.240 e. The minimum atomic E-state index is -3.60. The fraction of sp³-hybridized carbons (Fsp3) is 0.562. The van der Waals surface area contributed by atoms with Gasteiger partial charge in [-0.1, -0.05) is 12.1 Å². The Morgan fingerprint density at radius 1 is 1.26 bits per heavy atom. The Balaban J connectivity index is 1.98. The third kappa shape index (κ3) is 4.84. The van der Waals surface area contributed by atoms with Gasteiger partial charge in [0.05, 0.1) is 4.90 Å². The summed E-state index contributed by atoms with van der Waals surface area (Å²) in [5, 5.41) is 0. The van der Waals surface area contributed by atoms with Crippen LogP contribution in [-0.2, 0) is 10.0 Å². The monoisotopic (exact) mass is 339 g/mol. The average Bonchev–Trinajstić information content (AvgIpc) is 2.53. The first kappa shape index (κ1) is 18.1. The number of likely N-dealkylation sites (N-methyl/N-ethyl adjacent to an activating group) is 1. The lowest BCUT2D eigenvalue weighted by atomic mass is 10.2. The van der Waals surface area contributed by atoms with E-state index in [4.69, 9.17) is 0 Å². The number of piperazine rings is 1. The van der Waals surface area contributed by atoms with Crippen LogP contribution in [0.2, 0.25) is 0 Å². The first-order valence-electron chi connectivity index (χ1n) is 7.83. The molecule has 1 aromatic rings. The van der Waals surface area contributed by atoms with Crippen molar-refractivity contribution in [1.82, 2.24) is 14.5 Å². The fourth-order valence-electron chi connectivity index (χ4n) is 2.59. The van der Waals surface area contributed by atoms with Gasteiger partial charge in [0.25, 0.3) is 0 Å². The third-order valence-corrected chi connectivity index (χ3v) is 5.70. The second-order valence-electron chi connectivity index (χ2n) is 6.12. The number of carbonyl (C=O) groups excluding carboxylic acids is 1. The summed E-state index contributed by atoms with van der Waals surface area (Å²) in [6.07, 6.45) is 0. The zero-order valence-electron chi connectivity index (χ0n) is 13.9. The summed E-state index contributed by atoms with van der Waals surface area (Å²) in [4.78, 5) is 16.1. The number of Topliss-reactive ketones (excluding diaryl/α,β-unsaturated/α-hetero) is 1. The fourth-order valence-corrected chi connectivity index (χ4v) is 3.75. The number of hydrogen-bond donors (Lipinski definition) is 1. The van der Waals surface area contributed by atoms with Crippen molar-refractivity contribution >= 4 is 15.8 Å². The molecule has 1 fully saturated rings. The molecule has 0 saturated carbocycles. The number of rotatable bonds is 6. The number of nitrogens with one attached hydrogen (secondary N) is 1. The lowest BCUT2D eigenvalue weighted by molar-refractivity contribution is 0.101. The summed E-state index contributed by atoms with van der Waals surface area (Å²) in [5.74, 6) is -0.146. The van der Waals surface area contributed by atoms with E-state index >= 15 is 0 Å². The average molecular weight is 339 g/mol. The van der Waals surface area contributed by atoms with E-state index in [1.165, 1.54) is 19.1 Å². The molecule has 23 heavy (non-hydrogen) atoms. The summed E-state index contributed by atoms with van der Waals surface area (Å²) in [6.45, 7) is 7.69. The number of benzene rings is 1. The standard InChI is InChI=1S/C16H25N3O3S/c1-13(19-9-7-18(3)8-10-19)12-17-23(21,22)16-6-4-5-15(11-16)14(2)20/h4-6,11,13,17H,7-10,12H2,1-3H3/t13-/m1/s1. The molecule has 0 radical (unpaired) electrons. The van der Waals surface area contributed by atoms with Gasteiger partial charge in [0.1, 0.15) is 0 Å². The SMILES string of the molecule is CC(=O)c1cccc(S(=O)(=O)NC[C@@H](C)N2CCN(C)CC2)c1. The Hall–Kier alpha value is -1.28. The second-order valence-corrected chi connectivity index (χ2v) is 7.89. The quantitative estimate of drug-likeness (QED) is 0.777. The lowest BCUT2D eigenvalue weighted by Gasteiger charge is -2.36. The summed E-state index contributed by atoms with van der Waals surface area (Å²) in [5.41, 5.74) is 0.403. The molecule has 128 valence electrons. The normalized spacial score (nSPS) is 18.7. The number of hydrogen-bond acceptors (Lipinski definition) is 5. The topological polar surface area (TPSA) is 69.7 Å². The van der Waals surface area contributed by atoms with Crippen molar-refractivity contribution in [3.63, 3.8) is 0 Å². The maximum absolute atomic E-state index is 12.4. The Morgan fingerprint density at radius 3 is 2.52 bits per heavy atom. The smallest absolute Gasteiger partial charge is 0.240 e. The molecule has 1 atom stereocenters. The third-order valence-electron chi connectivity index (χ3n) is 4.28. The molecule has 0 aromatic heterocycles. The molecule has 1 heterocycles. The van der Waals surface area contributed by atoms with Crippen LogP contribution in [0.15, 0.2) is 29.2 Å². The van der Waals surface area contributed by atoms with Crippen LogP contribution in [0.3, 0.4) is 0 Å². The molecule has 1 aliphatic heterocycles. The second kappa shape index (κ2) is 7.53. The molecule has 1 aliphatic rings. The molecule has 0 bridgehead atoms. The molecule has 7 heteroatoms. The minimum Gasteiger partial charge on any atom is -0.304 e. The van der Waals surface area contributed by atoms with Crippen LogP contribution in [0.5, 0.6) is 0 Å². The summed E-state index contributed by atoms with van der Waals surface area (Å²) >= 11 is 0. The van der Waals surface area contributed by atoms with Gasteiger partial charge in [0, 0.05) is 44.3 Å². The highest BCUT2D eigenvalue weighted by Crippen LogP contribution is 2.12. The van der Waals surface area contributed by atoms with Crippen LogP contribution < -0.4 is 4.72 Å². The first-order valence-corrected chi connectivity index (χ1v) is 9.31. The summed E-state index contributed by atoms with van der Waals surface area (Å²) in [6, 6.07) is 6.28. The van der Waals surface area contributed by atoms with E-state index in [9.17, 15) is 13.2 Å². The molecule has 0 unspecified atom stereocenters. The van der Waals surface area contributed by atoms with Gasteiger partial charge in [-0.3, -0.25) is 9.69 Å². The number of sulfonamides is 1. The number of ketones is 1. The number of carbonyl (C=O) groups is 1. The van der Waals surface area contributed by atoms with Crippen molar-refractivity contribution in [3.8, 4) is 0 Å². The van der Waals surface area contributed by atoms with Crippen molar-refractivity contribution in [2.75, 3.05) is 39.8 Å². The Morgan fingerprint density at radius 2 is 1.91 bits per heavy atom. The van der Waals surface area contributed by atoms with E-state index in [0.717, 1.165) is 26.2 Å². The zero-order valence-corrected chi connectivity index (χ0v) is 14.8. The number of nitrogens with zero attached hydrogens (tertiary/aromatic N) is 2. The van der Waals surface area contributed by atoms with E-state index in [2.05, 4.69) is 21.6 Å². The molecule has 0 spiro atoms. The van der Waals surface area contributed by atoms with Gasteiger partial charge in [-0.05, 0) is 33.0 Å². The summed E-state index contributed by atoms with van der Waals surface area (Å²) in [7, 11) is -1.51. The van der Waals surface area contributed by atoms with Gasteiger partial charge >= 0.3 is 0 Å². The highest BCUT2D eigenvalue weighted by molar-refractivity contribution is 7.89. The highest BCUT2D eigenvalue weighted by Gasteiger charge is 2.22. The van der Waals surface area contributed by atoms with E-state index in [1.807, 2.05) is 6.92 Å². The largest absolute Gasteiger partial charge is 0.304 e. The Labute approximate surface area is 138 Å². The molecule has 6 nitrogen and oxygen atoms in total. The lowest BCUT2D eigenvalue weighted by Crippen LogP contribution is -2.51.